The number of carbonyl (C=O) groups excluding carboxylic acids is 2. The lowest BCUT2D eigenvalue weighted by Crippen LogP contribution is -2.49. The van der Waals surface area contributed by atoms with Gasteiger partial charge in [-0.05, 0) is 18.7 Å². The summed E-state index contributed by atoms with van der Waals surface area (Å²) in [6, 6.07) is 6.29. The van der Waals surface area contributed by atoms with E-state index in [0.29, 0.717) is 30.5 Å². The Morgan fingerprint density at radius 1 is 1.22 bits per heavy atom. The molecule has 0 bridgehead atoms. The Morgan fingerprint density at radius 3 is 2.66 bits per heavy atom. The zero-order chi connectivity index (χ0) is 22.9. The van der Waals surface area contributed by atoms with Crippen molar-refractivity contribution in [1.82, 2.24) is 19.7 Å². The molecule has 0 spiro atoms. The number of likely N-dealkylation sites (N-methyl/N-ethyl adjacent to an activating group) is 1. The average molecular weight is 464 g/mol. The third-order valence-electron chi connectivity index (χ3n) is 5.46. The largest absolute Gasteiger partial charge is 0.383 e. The van der Waals surface area contributed by atoms with Crippen molar-refractivity contribution in [2.24, 2.45) is 0 Å². The van der Waals surface area contributed by atoms with Gasteiger partial charge in [-0.15, -0.1) is 11.3 Å². The van der Waals surface area contributed by atoms with Gasteiger partial charge in [0.1, 0.15) is 11.5 Å². The highest BCUT2D eigenvalue weighted by Gasteiger charge is 2.23. The van der Waals surface area contributed by atoms with E-state index in [4.69, 9.17) is 4.74 Å². The molecule has 1 aliphatic rings. The Labute approximate surface area is 192 Å². The van der Waals surface area contributed by atoms with Crippen LogP contribution in [0.25, 0.3) is 0 Å². The molecule has 2 amide bonds. The van der Waals surface area contributed by atoms with Crippen LogP contribution in [0.1, 0.15) is 23.8 Å². The first-order valence-corrected chi connectivity index (χ1v) is 11.6. The van der Waals surface area contributed by atoms with Gasteiger partial charge in [0.05, 0.1) is 12.3 Å². The molecule has 10 heteroatoms. The fourth-order valence-corrected chi connectivity index (χ4v) is 4.18. The normalized spacial score (nSPS) is 14.4. The Bertz CT molecular complexity index is 901. The van der Waals surface area contributed by atoms with Gasteiger partial charge in [-0.3, -0.25) is 9.59 Å². The Morgan fingerprint density at radius 2 is 1.97 bits per heavy atom. The van der Waals surface area contributed by atoms with Gasteiger partial charge in [-0.2, -0.15) is 0 Å². The van der Waals surface area contributed by atoms with Crippen LogP contribution in [0.3, 0.4) is 0 Å². The van der Waals surface area contributed by atoms with E-state index >= 15 is 0 Å². The number of halogens is 1. The maximum Gasteiger partial charge on any atom is 0.273 e. The van der Waals surface area contributed by atoms with Gasteiger partial charge in [-0.25, -0.2) is 9.37 Å². The molecule has 1 N–H and O–H groups in total. The zero-order valence-corrected chi connectivity index (χ0v) is 19.4. The van der Waals surface area contributed by atoms with Gasteiger partial charge in [0.15, 0.2) is 5.13 Å². The number of hydrogen-bond acceptors (Lipinski definition) is 7. The first-order chi connectivity index (χ1) is 15.5. The average Bonchev–Trinajstić information content (AvgIpc) is 3.28. The first kappa shape index (κ1) is 24.1. The highest BCUT2D eigenvalue weighted by Crippen LogP contribution is 2.23. The molecular weight excluding hydrogens is 433 g/mol. The van der Waals surface area contributed by atoms with Crippen LogP contribution in [0.15, 0.2) is 29.6 Å². The molecule has 0 atom stereocenters. The number of ether oxygens (including phenoxy) is 1. The fraction of sp³-hybridized carbons (Fsp3) is 0.500. The highest BCUT2D eigenvalue weighted by molar-refractivity contribution is 7.14. The molecule has 8 nitrogen and oxygen atoms in total. The lowest BCUT2D eigenvalue weighted by molar-refractivity contribution is -0.133. The molecule has 174 valence electrons. The smallest absolute Gasteiger partial charge is 0.273 e. The summed E-state index contributed by atoms with van der Waals surface area (Å²) in [5.41, 5.74) is 0.555. The minimum Gasteiger partial charge on any atom is -0.383 e. The molecule has 0 unspecified atom stereocenters. The first-order valence-electron chi connectivity index (χ1n) is 10.8. The number of amides is 2. The van der Waals surface area contributed by atoms with Crippen molar-refractivity contribution >= 4 is 34.0 Å². The minimum absolute atomic E-state index is 0.0520. The molecule has 1 saturated heterocycles. The summed E-state index contributed by atoms with van der Waals surface area (Å²) in [7, 11) is 1.57. The number of thiazole rings is 1. The van der Waals surface area contributed by atoms with E-state index in [1.807, 2.05) is 4.90 Å². The number of rotatable bonds is 10. The van der Waals surface area contributed by atoms with Crippen LogP contribution >= 0.6 is 11.3 Å². The summed E-state index contributed by atoms with van der Waals surface area (Å²) in [5.74, 6) is -0.616. The Hall–Kier alpha value is -2.56. The van der Waals surface area contributed by atoms with Crippen molar-refractivity contribution in [1.29, 1.82) is 0 Å². The number of anilines is 2. The predicted molar refractivity (Wildman–Crippen MR) is 123 cm³/mol. The van der Waals surface area contributed by atoms with Gasteiger partial charge < -0.3 is 24.8 Å². The summed E-state index contributed by atoms with van der Waals surface area (Å²) in [6.07, 6.45) is 0.256. The Balaban J connectivity index is 1.59. The summed E-state index contributed by atoms with van der Waals surface area (Å²) >= 11 is 1.22. The molecule has 1 aromatic heterocycles. The molecule has 32 heavy (non-hydrogen) atoms. The fourth-order valence-electron chi connectivity index (χ4n) is 3.49. The molecule has 0 radical (unpaired) electrons. The Kier molecular flexibility index (Phi) is 8.95. The summed E-state index contributed by atoms with van der Waals surface area (Å²) in [5, 5.41) is 4.97. The number of methoxy groups -OCH3 is 1. The molecule has 2 aromatic rings. The maximum absolute atomic E-state index is 13.9. The monoisotopic (exact) mass is 463 g/mol. The van der Waals surface area contributed by atoms with Crippen molar-refractivity contribution in [3.63, 3.8) is 0 Å². The van der Waals surface area contributed by atoms with E-state index in [1.165, 1.54) is 17.4 Å². The maximum atomic E-state index is 13.9. The third-order valence-corrected chi connectivity index (χ3v) is 6.22. The molecule has 2 heterocycles. The van der Waals surface area contributed by atoms with Gasteiger partial charge in [-0.1, -0.05) is 19.1 Å². The summed E-state index contributed by atoms with van der Waals surface area (Å²) < 4.78 is 19.0. The van der Waals surface area contributed by atoms with Crippen LogP contribution in [0, 0.1) is 5.82 Å². The standard InChI is InChI=1S/C22H30FN5O3S/c1-3-26-10-12-27(13-11-26)20(29)8-9-28(14-15-31-2)21(30)19-16-32-22(25-19)24-18-7-5-4-6-17(18)23/h4-7,16H,3,8-15H2,1-2H3,(H,24,25). The van der Waals surface area contributed by atoms with Crippen LogP contribution in [0.4, 0.5) is 15.2 Å². The van der Waals surface area contributed by atoms with Crippen LogP contribution < -0.4 is 5.32 Å². The van der Waals surface area contributed by atoms with Crippen molar-refractivity contribution in [2.75, 3.05) is 64.8 Å². The quantitative estimate of drug-likeness (QED) is 0.584. The second kappa shape index (κ2) is 11.9. The second-order valence-electron chi connectivity index (χ2n) is 7.49. The van der Waals surface area contributed by atoms with E-state index < -0.39 is 5.82 Å². The van der Waals surface area contributed by atoms with Crippen LogP contribution in [0.2, 0.25) is 0 Å². The number of aromatic nitrogens is 1. The number of para-hydroxylation sites is 1. The van der Waals surface area contributed by atoms with Gasteiger partial charge in [0.25, 0.3) is 5.91 Å². The van der Waals surface area contributed by atoms with Gasteiger partial charge in [0, 0.05) is 58.2 Å². The lowest BCUT2D eigenvalue weighted by atomic mass is 10.2. The number of nitrogens with one attached hydrogen (secondary N) is 1. The molecule has 3 rings (SSSR count). The van der Waals surface area contributed by atoms with Crippen LogP contribution in [-0.2, 0) is 9.53 Å². The number of nitrogens with zero attached hydrogens (tertiary/aromatic N) is 4. The van der Waals surface area contributed by atoms with Crippen LogP contribution in [0.5, 0.6) is 0 Å². The summed E-state index contributed by atoms with van der Waals surface area (Å²) in [6.45, 7) is 7.32. The van der Waals surface area contributed by atoms with E-state index in [2.05, 4.69) is 22.1 Å². The lowest BCUT2D eigenvalue weighted by Gasteiger charge is -2.34. The molecular formula is C22H30FN5O3S. The van der Waals surface area contributed by atoms with Crippen molar-refractivity contribution in [3.05, 3.63) is 41.2 Å². The SMILES string of the molecule is CCN1CCN(C(=O)CCN(CCOC)C(=O)c2csc(Nc3ccccc3F)n2)CC1. The zero-order valence-electron chi connectivity index (χ0n) is 18.6. The van der Waals surface area contributed by atoms with Crippen molar-refractivity contribution in [2.45, 2.75) is 13.3 Å². The second-order valence-corrected chi connectivity index (χ2v) is 8.35. The third kappa shape index (κ3) is 6.47. The topological polar surface area (TPSA) is 78.0 Å². The highest BCUT2D eigenvalue weighted by atomic mass is 32.1. The predicted octanol–water partition coefficient (Wildman–Crippen LogP) is 2.67. The van der Waals surface area contributed by atoms with E-state index in [0.717, 1.165) is 32.7 Å². The number of benzene rings is 1. The number of piperazine rings is 1. The van der Waals surface area contributed by atoms with E-state index in [9.17, 15) is 14.0 Å². The number of hydrogen-bond donors (Lipinski definition) is 1. The minimum atomic E-state index is -0.393. The molecule has 0 saturated carbocycles. The van der Waals surface area contributed by atoms with Crippen molar-refractivity contribution < 1.29 is 18.7 Å². The molecule has 1 aliphatic heterocycles. The molecule has 0 aliphatic carbocycles. The van der Waals surface area contributed by atoms with Gasteiger partial charge in [0.2, 0.25) is 5.91 Å². The molecule has 1 fully saturated rings. The summed E-state index contributed by atoms with van der Waals surface area (Å²) in [4.78, 5) is 35.8. The molecule has 1 aromatic carbocycles. The number of carbonyl (C=O) groups is 2. The van der Waals surface area contributed by atoms with E-state index in [1.54, 1.807) is 35.6 Å². The van der Waals surface area contributed by atoms with Gasteiger partial charge >= 0.3 is 0 Å². The van der Waals surface area contributed by atoms with E-state index in [-0.39, 0.29) is 23.9 Å². The van der Waals surface area contributed by atoms with Crippen LogP contribution in [-0.4, -0.2) is 91.0 Å². The van der Waals surface area contributed by atoms with Crippen molar-refractivity contribution in [3.8, 4) is 0 Å².